The van der Waals surface area contributed by atoms with E-state index in [2.05, 4.69) is 10.0 Å². The summed E-state index contributed by atoms with van der Waals surface area (Å²) < 4.78 is 27.9. The Labute approximate surface area is 155 Å². The minimum Gasteiger partial charge on any atom is -0.352 e. The quantitative estimate of drug-likeness (QED) is 0.709. The molecule has 0 saturated heterocycles. The molecule has 0 aromatic heterocycles. The van der Waals surface area contributed by atoms with Crippen molar-refractivity contribution in [2.75, 3.05) is 0 Å². The number of carbonyl (C=O) groups is 1. The normalized spacial score (nSPS) is 13.8. The Morgan fingerprint density at radius 1 is 1.00 bits per heavy atom. The fourth-order valence-electron chi connectivity index (χ4n) is 2.74. The highest BCUT2D eigenvalue weighted by Gasteiger charge is 2.26. The van der Waals surface area contributed by atoms with Gasteiger partial charge in [0.25, 0.3) is 0 Å². The number of carbonyl (C=O) groups excluding carboxylic acids is 1. The Morgan fingerprint density at radius 2 is 1.58 bits per heavy atom. The Bertz CT molecular complexity index is 792. The summed E-state index contributed by atoms with van der Waals surface area (Å²) in [7, 11) is -3.78. The van der Waals surface area contributed by atoms with Crippen molar-refractivity contribution in [1.29, 1.82) is 0 Å². The van der Waals surface area contributed by atoms with Crippen molar-refractivity contribution in [2.45, 2.75) is 50.1 Å². The molecule has 0 saturated carbocycles. The second kappa shape index (κ2) is 9.50. The molecule has 0 aliphatic rings. The monoisotopic (exact) mass is 374 g/mol. The highest BCUT2D eigenvalue weighted by atomic mass is 32.2. The van der Waals surface area contributed by atoms with Gasteiger partial charge in [-0.15, -0.1) is 0 Å². The SMILES string of the molecule is CCC[C@@H](C)NC(=O)[C@H](Cc1ccccc1)NS(=O)(=O)c1ccccc1. The minimum atomic E-state index is -3.78. The van der Waals surface area contributed by atoms with Gasteiger partial charge in [0.05, 0.1) is 4.90 Å². The zero-order chi connectivity index (χ0) is 19.0. The van der Waals surface area contributed by atoms with Crippen LogP contribution in [0.4, 0.5) is 0 Å². The molecule has 2 N–H and O–H groups in total. The predicted octanol–water partition coefficient (Wildman–Crippen LogP) is 2.88. The van der Waals surface area contributed by atoms with Gasteiger partial charge in [-0.1, -0.05) is 61.9 Å². The fourth-order valence-corrected chi connectivity index (χ4v) is 3.96. The molecule has 0 fully saturated rings. The second-order valence-corrected chi connectivity index (χ2v) is 8.09. The van der Waals surface area contributed by atoms with Crippen LogP contribution >= 0.6 is 0 Å². The van der Waals surface area contributed by atoms with Crippen LogP contribution in [0.5, 0.6) is 0 Å². The van der Waals surface area contributed by atoms with Gasteiger partial charge in [0.2, 0.25) is 15.9 Å². The van der Waals surface area contributed by atoms with Crippen LogP contribution in [0.25, 0.3) is 0 Å². The molecule has 140 valence electrons. The number of benzene rings is 2. The number of rotatable bonds is 9. The first-order valence-corrected chi connectivity index (χ1v) is 10.3. The standard InChI is InChI=1S/C20H26N2O3S/c1-3-10-16(2)21-20(23)19(15-17-11-6-4-7-12-17)22-26(24,25)18-13-8-5-9-14-18/h4-9,11-14,16,19,22H,3,10,15H2,1-2H3,(H,21,23)/t16-,19+/m1/s1. The lowest BCUT2D eigenvalue weighted by atomic mass is 10.1. The van der Waals surface area contributed by atoms with Crippen LogP contribution in [0, 0.1) is 0 Å². The number of nitrogens with one attached hydrogen (secondary N) is 2. The van der Waals surface area contributed by atoms with Crippen LogP contribution < -0.4 is 10.0 Å². The lowest BCUT2D eigenvalue weighted by Crippen LogP contribution is -2.50. The van der Waals surface area contributed by atoms with E-state index in [-0.39, 0.29) is 23.3 Å². The van der Waals surface area contributed by atoms with Crippen LogP contribution in [0.2, 0.25) is 0 Å². The first-order chi connectivity index (χ1) is 12.4. The molecule has 0 heterocycles. The number of hydrogen-bond donors (Lipinski definition) is 2. The molecule has 26 heavy (non-hydrogen) atoms. The lowest BCUT2D eigenvalue weighted by molar-refractivity contribution is -0.123. The lowest BCUT2D eigenvalue weighted by Gasteiger charge is -2.21. The van der Waals surface area contributed by atoms with Crippen molar-refractivity contribution in [1.82, 2.24) is 10.0 Å². The van der Waals surface area contributed by atoms with E-state index in [1.807, 2.05) is 44.2 Å². The Hall–Kier alpha value is -2.18. The third-order valence-corrected chi connectivity index (χ3v) is 5.55. The minimum absolute atomic E-state index is 0.00740. The summed E-state index contributed by atoms with van der Waals surface area (Å²) >= 11 is 0. The Kier molecular flexibility index (Phi) is 7.36. The van der Waals surface area contributed by atoms with Crippen molar-refractivity contribution in [3.05, 3.63) is 66.2 Å². The van der Waals surface area contributed by atoms with Gasteiger partial charge in [-0.2, -0.15) is 4.72 Å². The van der Waals surface area contributed by atoms with Crippen LogP contribution in [0.1, 0.15) is 32.3 Å². The van der Waals surface area contributed by atoms with Crippen LogP contribution in [0.15, 0.2) is 65.6 Å². The molecule has 0 aliphatic carbocycles. The van der Waals surface area contributed by atoms with E-state index in [0.717, 1.165) is 18.4 Å². The summed E-state index contributed by atoms with van der Waals surface area (Å²) in [6.45, 7) is 3.97. The summed E-state index contributed by atoms with van der Waals surface area (Å²) in [6.07, 6.45) is 2.08. The average Bonchev–Trinajstić information content (AvgIpc) is 2.63. The molecule has 0 spiro atoms. The maximum atomic E-state index is 12.7. The molecule has 5 nitrogen and oxygen atoms in total. The van der Waals surface area contributed by atoms with Gasteiger partial charge < -0.3 is 5.32 Å². The second-order valence-electron chi connectivity index (χ2n) is 6.37. The molecule has 2 aromatic rings. The van der Waals surface area contributed by atoms with E-state index in [0.29, 0.717) is 0 Å². The van der Waals surface area contributed by atoms with Crippen molar-refractivity contribution < 1.29 is 13.2 Å². The summed E-state index contributed by atoms with van der Waals surface area (Å²) in [5.74, 6) is -0.311. The molecular formula is C20H26N2O3S. The van der Waals surface area contributed by atoms with E-state index in [9.17, 15) is 13.2 Å². The van der Waals surface area contributed by atoms with E-state index < -0.39 is 16.1 Å². The molecule has 0 unspecified atom stereocenters. The Balaban J connectivity index is 2.21. The van der Waals surface area contributed by atoms with Crippen LogP contribution in [-0.4, -0.2) is 26.4 Å². The number of sulfonamides is 1. The first kappa shape index (κ1) is 20.1. The largest absolute Gasteiger partial charge is 0.352 e. The molecule has 2 atom stereocenters. The van der Waals surface area contributed by atoms with Crippen LogP contribution in [-0.2, 0) is 21.2 Å². The molecule has 2 rings (SSSR count). The highest BCUT2D eigenvalue weighted by molar-refractivity contribution is 7.89. The molecule has 2 aromatic carbocycles. The van der Waals surface area contributed by atoms with Crippen molar-refractivity contribution in [2.24, 2.45) is 0 Å². The summed E-state index contributed by atoms with van der Waals surface area (Å²) in [6, 6.07) is 16.6. The topological polar surface area (TPSA) is 75.3 Å². The number of hydrogen-bond acceptors (Lipinski definition) is 3. The van der Waals surface area contributed by atoms with Gasteiger partial charge in [-0.25, -0.2) is 8.42 Å². The average molecular weight is 375 g/mol. The molecule has 0 aliphatic heterocycles. The number of amides is 1. The van der Waals surface area contributed by atoms with Crippen molar-refractivity contribution >= 4 is 15.9 Å². The molecule has 0 radical (unpaired) electrons. The first-order valence-electron chi connectivity index (χ1n) is 8.84. The molecule has 1 amide bonds. The van der Waals surface area contributed by atoms with Gasteiger partial charge in [-0.3, -0.25) is 4.79 Å². The zero-order valence-electron chi connectivity index (χ0n) is 15.2. The zero-order valence-corrected chi connectivity index (χ0v) is 16.0. The van der Waals surface area contributed by atoms with E-state index in [1.165, 1.54) is 12.1 Å². The summed E-state index contributed by atoms with van der Waals surface area (Å²) in [5.41, 5.74) is 0.895. The summed E-state index contributed by atoms with van der Waals surface area (Å²) in [4.78, 5) is 12.8. The molecule has 0 bridgehead atoms. The van der Waals surface area contributed by atoms with Gasteiger partial charge in [-0.05, 0) is 37.5 Å². The third-order valence-electron chi connectivity index (χ3n) is 4.06. The third kappa shape index (κ3) is 5.97. The van der Waals surface area contributed by atoms with E-state index in [1.54, 1.807) is 18.2 Å². The highest BCUT2D eigenvalue weighted by Crippen LogP contribution is 2.11. The fraction of sp³-hybridized carbons (Fsp3) is 0.350. The van der Waals surface area contributed by atoms with Crippen molar-refractivity contribution in [3.63, 3.8) is 0 Å². The Morgan fingerprint density at radius 3 is 2.15 bits per heavy atom. The molecular weight excluding hydrogens is 348 g/mol. The predicted molar refractivity (Wildman–Crippen MR) is 103 cm³/mol. The van der Waals surface area contributed by atoms with Gasteiger partial charge >= 0.3 is 0 Å². The van der Waals surface area contributed by atoms with E-state index in [4.69, 9.17) is 0 Å². The van der Waals surface area contributed by atoms with Gasteiger partial charge in [0.15, 0.2) is 0 Å². The summed E-state index contributed by atoms with van der Waals surface area (Å²) in [5, 5.41) is 2.91. The van der Waals surface area contributed by atoms with Gasteiger partial charge in [0, 0.05) is 6.04 Å². The van der Waals surface area contributed by atoms with Crippen LogP contribution in [0.3, 0.4) is 0 Å². The van der Waals surface area contributed by atoms with Crippen molar-refractivity contribution in [3.8, 4) is 0 Å². The molecule has 6 heteroatoms. The van der Waals surface area contributed by atoms with E-state index >= 15 is 0 Å². The van der Waals surface area contributed by atoms with Gasteiger partial charge in [0.1, 0.15) is 6.04 Å². The maximum absolute atomic E-state index is 12.7. The maximum Gasteiger partial charge on any atom is 0.241 e. The smallest absolute Gasteiger partial charge is 0.241 e.